The summed E-state index contributed by atoms with van der Waals surface area (Å²) < 4.78 is 5.41. The Hall–Kier alpha value is -3.29. The highest BCUT2D eigenvalue weighted by Gasteiger charge is 2.13. The van der Waals surface area contributed by atoms with Gasteiger partial charge in [-0.25, -0.2) is 0 Å². The number of carbonyl (C=O) groups is 3. The molecule has 0 spiro atoms. The maximum Gasteiger partial charge on any atom is 0.253 e. The van der Waals surface area contributed by atoms with Crippen molar-refractivity contribution in [2.45, 2.75) is 6.54 Å². The number of nitrogens with one attached hydrogen (secondary N) is 3. The van der Waals surface area contributed by atoms with Crippen LogP contribution in [-0.2, 0) is 16.1 Å². The molecule has 7 nitrogen and oxygen atoms in total. The largest absolute Gasteiger partial charge is 0.496 e. The van der Waals surface area contributed by atoms with E-state index in [1.165, 1.54) is 18.2 Å². The molecule has 3 aromatic carbocycles. The molecule has 0 heterocycles. The fourth-order valence-electron chi connectivity index (χ4n) is 3.11. The van der Waals surface area contributed by atoms with E-state index in [4.69, 9.17) is 27.9 Å². The molecule has 0 atom stereocenters. The number of halogens is 2. The lowest BCUT2D eigenvalue weighted by Gasteiger charge is -2.13. The number of fused-ring (bicyclic) bond motifs is 1. The Morgan fingerprint density at radius 2 is 1.59 bits per heavy atom. The second-order valence-electron chi connectivity index (χ2n) is 6.83. The molecule has 3 amide bonds. The smallest absolute Gasteiger partial charge is 0.253 e. The lowest BCUT2D eigenvalue weighted by molar-refractivity contribution is -0.125. The van der Waals surface area contributed by atoms with Crippen LogP contribution in [0.25, 0.3) is 10.8 Å². The van der Waals surface area contributed by atoms with Gasteiger partial charge in [-0.05, 0) is 35.0 Å². The van der Waals surface area contributed by atoms with Crippen LogP contribution in [0.4, 0.5) is 0 Å². The normalized spacial score (nSPS) is 10.5. The van der Waals surface area contributed by atoms with Crippen LogP contribution >= 0.6 is 23.2 Å². The van der Waals surface area contributed by atoms with Gasteiger partial charge in [-0.1, -0.05) is 53.5 Å². The molecular formula is C23H21Cl2N3O4. The molecule has 32 heavy (non-hydrogen) atoms. The van der Waals surface area contributed by atoms with E-state index in [1.54, 1.807) is 7.11 Å². The summed E-state index contributed by atoms with van der Waals surface area (Å²) in [4.78, 5) is 36.3. The molecule has 3 N–H and O–H groups in total. The van der Waals surface area contributed by atoms with Crippen molar-refractivity contribution in [3.8, 4) is 5.75 Å². The first kappa shape index (κ1) is 23.4. The summed E-state index contributed by atoms with van der Waals surface area (Å²) in [6.07, 6.45) is 0. The Bertz CT molecular complexity index is 1170. The molecule has 3 rings (SSSR count). The predicted molar refractivity (Wildman–Crippen MR) is 124 cm³/mol. The van der Waals surface area contributed by atoms with Crippen molar-refractivity contribution in [1.82, 2.24) is 16.0 Å². The standard InChI is InChI=1S/C23H21Cl2N3O4/c1-32-20-9-6-14-4-2-3-5-16(14)18(20)11-26-21(29)12-27-22(30)13-28-23(31)17-8-7-15(24)10-19(17)25/h2-10H,11-13H2,1H3,(H,26,29)(H,27,30)(H,28,31). The van der Waals surface area contributed by atoms with Crippen molar-refractivity contribution < 1.29 is 19.1 Å². The molecular weight excluding hydrogens is 453 g/mol. The number of ether oxygens (including phenoxy) is 1. The first-order valence-electron chi connectivity index (χ1n) is 9.70. The van der Waals surface area contributed by atoms with E-state index < -0.39 is 11.8 Å². The van der Waals surface area contributed by atoms with E-state index in [9.17, 15) is 14.4 Å². The van der Waals surface area contributed by atoms with Crippen LogP contribution in [0.15, 0.2) is 54.6 Å². The number of methoxy groups -OCH3 is 1. The van der Waals surface area contributed by atoms with E-state index in [0.717, 1.165) is 16.3 Å². The van der Waals surface area contributed by atoms with Gasteiger partial charge in [-0.15, -0.1) is 0 Å². The number of hydrogen-bond donors (Lipinski definition) is 3. The maximum absolute atomic E-state index is 12.2. The van der Waals surface area contributed by atoms with Crippen LogP contribution in [0.3, 0.4) is 0 Å². The van der Waals surface area contributed by atoms with Crippen molar-refractivity contribution in [1.29, 1.82) is 0 Å². The topological polar surface area (TPSA) is 96.5 Å². The lowest BCUT2D eigenvalue weighted by atomic mass is 10.0. The Balaban J connectivity index is 1.48. The minimum atomic E-state index is -0.519. The predicted octanol–water partition coefficient (Wildman–Crippen LogP) is 3.32. The molecule has 0 aliphatic heterocycles. The summed E-state index contributed by atoms with van der Waals surface area (Å²) in [6, 6.07) is 16.0. The van der Waals surface area contributed by atoms with E-state index in [-0.39, 0.29) is 36.1 Å². The molecule has 0 saturated carbocycles. The van der Waals surface area contributed by atoms with Crippen LogP contribution in [0.5, 0.6) is 5.75 Å². The molecule has 0 aliphatic carbocycles. The molecule has 0 radical (unpaired) electrons. The summed E-state index contributed by atoms with van der Waals surface area (Å²) in [6.45, 7) is -0.295. The number of carbonyl (C=O) groups excluding carboxylic acids is 3. The highest BCUT2D eigenvalue weighted by atomic mass is 35.5. The average molecular weight is 474 g/mol. The van der Waals surface area contributed by atoms with Crippen molar-refractivity contribution in [2.24, 2.45) is 0 Å². The molecule has 166 valence electrons. The fourth-order valence-corrected chi connectivity index (χ4v) is 3.60. The van der Waals surface area contributed by atoms with E-state index >= 15 is 0 Å². The van der Waals surface area contributed by atoms with Crippen LogP contribution < -0.4 is 20.7 Å². The third kappa shape index (κ3) is 5.90. The van der Waals surface area contributed by atoms with Gasteiger partial charge in [-0.3, -0.25) is 14.4 Å². The summed E-state index contributed by atoms with van der Waals surface area (Å²) in [5, 5.41) is 10.3. The summed E-state index contributed by atoms with van der Waals surface area (Å²) in [5.74, 6) is -0.743. The third-order valence-electron chi connectivity index (χ3n) is 4.71. The average Bonchev–Trinajstić information content (AvgIpc) is 2.79. The third-order valence-corrected chi connectivity index (χ3v) is 5.26. The zero-order chi connectivity index (χ0) is 23.1. The van der Waals surface area contributed by atoms with Crippen LogP contribution in [0.2, 0.25) is 10.0 Å². The first-order chi connectivity index (χ1) is 15.4. The van der Waals surface area contributed by atoms with Gasteiger partial charge < -0.3 is 20.7 Å². The van der Waals surface area contributed by atoms with Crippen LogP contribution in [0.1, 0.15) is 15.9 Å². The summed E-state index contributed by atoms with van der Waals surface area (Å²) in [5.41, 5.74) is 1.04. The number of hydrogen-bond acceptors (Lipinski definition) is 4. The SMILES string of the molecule is COc1ccc2ccccc2c1CNC(=O)CNC(=O)CNC(=O)c1ccc(Cl)cc1Cl. The van der Waals surface area contributed by atoms with Gasteiger partial charge in [0, 0.05) is 17.1 Å². The quantitative estimate of drug-likeness (QED) is 0.467. The second-order valence-corrected chi connectivity index (χ2v) is 7.67. The van der Waals surface area contributed by atoms with Gasteiger partial charge in [0.25, 0.3) is 5.91 Å². The Labute approximate surface area is 195 Å². The maximum atomic E-state index is 12.2. The monoisotopic (exact) mass is 473 g/mol. The van der Waals surface area contributed by atoms with Crippen molar-refractivity contribution in [2.75, 3.05) is 20.2 Å². The molecule has 0 unspecified atom stereocenters. The van der Waals surface area contributed by atoms with Gasteiger partial charge >= 0.3 is 0 Å². The van der Waals surface area contributed by atoms with Gasteiger partial charge in [0.05, 0.1) is 30.8 Å². The van der Waals surface area contributed by atoms with E-state index in [0.29, 0.717) is 10.8 Å². The number of benzene rings is 3. The Kier molecular flexibility index (Phi) is 7.92. The van der Waals surface area contributed by atoms with Crippen LogP contribution in [0, 0.1) is 0 Å². The minimum Gasteiger partial charge on any atom is -0.496 e. The Morgan fingerprint density at radius 3 is 2.34 bits per heavy atom. The fraction of sp³-hybridized carbons (Fsp3) is 0.174. The van der Waals surface area contributed by atoms with Crippen molar-refractivity contribution in [3.05, 3.63) is 75.8 Å². The lowest BCUT2D eigenvalue weighted by Crippen LogP contribution is -2.41. The van der Waals surface area contributed by atoms with Crippen molar-refractivity contribution >= 4 is 51.7 Å². The van der Waals surface area contributed by atoms with Gasteiger partial charge in [0.15, 0.2) is 0 Å². The molecule has 0 fully saturated rings. The van der Waals surface area contributed by atoms with E-state index in [2.05, 4.69) is 16.0 Å². The Morgan fingerprint density at radius 1 is 0.875 bits per heavy atom. The molecule has 0 aromatic heterocycles. The highest BCUT2D eigenvalue weighted by Crippen LogP contribution is 2.27. The van der Waals surface area contributed by atoms with Gasteiger partial charge in [0.1, 0.15) is 5.75 Å². The molecule has 3 aromatic rings. The van der Waals surface area contributed by atoms with Crippen LogP contribution in [-0.4, -0.2) is 37.9 Å². The zero-order valence-corrected chi connectivity index (χ0v) is 18.7. The van der Waals surface area contributed by atoms with Gasteiger partial charge in [0.2, 0.25) is 11.8 Å². The second kappa shape index (κ2) is 10.8. The summed E-state index contributed by atoms with van der Waals surface area (Å²) >= 11 is 11.8. The molecule has 0 bridgehead atoms. The van der Waals surface area contributed by atoms with E-state index in [1.807, 2.05) is 36.4 Å². The van der Waals surface area contributed by atoms with Crippen molar-refractivity contribution in [3.63, 3.8) is 0 Å². The highest BCUT2D eigenvalue weighted by molar-refractivity contribution is 6.36. The zero-order valence-electron chi connectivity index (χ0n) is 17.2. The van der Waals surface area contributed by atoms with Gasteiger partial charge in [-0.2, -0.15) is 0 Å². The summed E-state index contributed by atoms with van der Waals surface area (Å²) in [7, 11) is 1.57. The first-order valence-corrected chi connectivity index (χ1v) is 10.5. The molecule has 0 aliphatic rings. The number of rotatable bonds is 8. The number of amides is 3. The minimum absolute atomic E-state index is 0.179. The molecule has 0 saturated heterocycles. The molecule has 9 heteroatoms.